The maximum atomic E-state index is 12.5. The van der Waals surface area contributed by atoms with Crippen LogP contribution in [0.5, 0.6) is 0 Å². The molecule has 1 amide bonds. The number of hydrogen-bond donors (Lipinski definition) is 1. The maximum Gasteiger partial charge on any atom is 0.224 e. The van der Waals surface area contributed by atoms with Crippen molar-refractivity contribution in [3.05, 3.63) is 57.1 Å². The summed E-state index contributed by atoms with van der Waals surface area (Å²) in [4.78, 5) is 15.2. The van der Waals surface area contributed by atoms with Gasteiger partial charge in [0.2, 0.25) is 5.91 Å². The quantitative estimate of drug-likeness (QED) is 0.633. The highest BCUT2D eigenvalue weighted by Crippen LogP contribution is 2.23. The van der Waals surface area contributed by atoms with Gasteiger partial charge in [-0.2, -0.15) is 5.10 Å². The largest absolute Gasteiger partial charge is 0.341 e. The standard InChI is InChI=1S/C17H17ClN4OS2/c1-21(11-12-5-2-3-6-13(12)18)15(23)8-9-22-16(19-20-17(22)24)14-7-4-10-25-14/h2-7,10H,8-9,11H2,1H3,(H,20,24). The van der Waals surface area contributed by atoms with E-state index in [1.54, 1.807) is 23.3 Å². The van der Waals surface area contributed by atoms with Gasteiger partial charge in [0, 0.05) is 31.6 Å². The molecule has 0 radical (unpaired) electrons. The van der Waals surface area contributed by atoms with E-state index in [4.69, 9.17) is 23.8 Å². The van der Waals surface area contributed by atoms with Crippen LogP contribution in [0.15, 0.2) is 41.8 Å². The third-order valence-electron chi connectivity index (χ3n) is 3.84. The molecular weight excluding hydrogens is 376 g/mol. The van der Waals surface area contributed by atoms with Gasteiger partial charge in [-0.25, -0.2) is 0 Å². The second kappa shape index (κ2) is 7.95. The van der Waals surface area contributed by atoms with Gasteiger partial charge in [0.25, 0.3) is 0 Å². The van der Waals surface area contributed by atoms with E-state index in [0.717, 1.165) is 16.3 Å². The molecule has 0 fully saturated rings. The SMILES string of the molecule is CN(Cc1ccccc1Cl)C(=O)CCn1c(-c2cccs2)n[nH]c1=S. The third kappa shape index (κ3) is 4.18. The summed E-state index contributed by atoms with van der Waals surface area (Å²) in [7, 11) is 1.78. The number of nitrogens with one attached hydrogen (secondary N) is 1. The van der Waals surface area contributed by atoms with Crippen molar-refractivity contribution < 1.29 is 4.79 Å². The van der Waals surface area contributed by atoms with Crippen LogP contribution in [0.25, 0.3) is 10.7 Å². The minimum absolute atomic E-state index is 0.0279. The summed E-state index contributed by atoms with van der Waals surface area (Å²) in [5.74, 6) is 0.793. The monoisotopic (exact) mass is 392 g/mol. The highest BCUT2D eigenvalue weighted by Gasteiger charge is 2.14. The molecule has 0 aliphatic heterocycles. The Morgan fingerprint density at radius 2 is 2.16 bits per heavy atom. The third-order valence-corrected chi connectivity index (χ3v) is 5.39. The number of halogens is 1. The molecule has 8 heteroatoms. The Bertz CT molecular complexity index is 917. The first-order valence-electron chi connectivity index (χ1n) is 7.72. The molecule has 0 spiro atoms. The topological polar surface area (TPSA) is 53.9 Å². The molecule has 2 aromatic heterocycles. The molecule has 0 saturated carbocycles. The highest BCUT2D eigenvalue weighted by atomic mass is 35.5. The van der Waals surface area contributed by atoms with Gasteiger partial charge in [0.05, 0.1) is 4.88 Å². The van der Waals surface area contributed by atoms with Gasteiger partial charge >= 0.3 is 0 Å². The van der Waals surface area contributed by atoms with E-state index in [9.17, 15) is 4.79 Å². The molecule has 3 rings (SSSR count). The first kappa shape index (κ1) is 17.8. The van der Waals surface area contributed by atoms with Crippen molar-refractivity contribution in [2.24, 2.45) is 0 Å². The molecular formula is C17H17ClN4OS2. The second-order valence-corrected chi connectivity index (χ2v) is 7.31. The summed E-state index contributed by atoms with van der Waals surface area (Å²) in [6.07, 6.45) is 0.340. The number of carbonyl (C=O) groups excluding carboxylic acids is 1. The molecule has 1 aromatic carbocycles. The number of aromatic amines is 1. The Kier molecular flexibility index (Phi) is 5.67. The van der Waals surface area contributed by atoms with Gasteiger partial charge in [-0.1, -0.05) is 35.9 Å². The average Bonchev–Trinajstić information content (AvgIpc) is 3.24. The van der Waals surface area contributed by atoms with Crippen molar-refractivity contribution in [3.8, 4) is 10.7 Å². The van der Waals surface area contributed by atoms with Gasteiger partial charge in [-0.3, -0.25) is 14.5 Å². The zero-order chi connectivity index (χ0) is 17.8. The van der Waals surface area contributed by atoms with Crippen LogP contribution in [0, 0.1) is 4.77 Å². The number of rotatable bonds is 6. The molecule has 0 aliphatic rings. The summed E-state index contributed by atoms with van der Waals surface area (Å²) in [6.45, 7) is 0.960. The smallest absolute Gasteiger partial charge is 0.224 e. The summed E-state index contributed by atoms with van der Waals surface area (Å²) in [6, 6.07) is 11.5. The minimum Gasteiger partial charge on any atom is -0.341 e. The molecule has 0 atom stereocenters. The fourth-order valence-corrected chi connectivity index (χ4v) is 3.63. The van der Waals surface area contributed by atoms with Crippen molar-refractivity contribution >= 4 is 41.1 Å². The Morgan fingerprint density at radius 3 is 2.88 bits per heavy atom. The second-order valence-electron chi connectivity index (χ2n) is 5.57. The molecule has 25 heavy (non-hydrogen) atoms. The van der Waals surface area contributed by atoms with Gasteiger partial charge in [-0.05, 0) is 35.3 Å². The number of amides is 1. The van der Waals surface area contributed by atoms with Crippen molar-refractivity contribution in [3.63, 3.8) is 0 Å². The van der Waals surface area contributed by atoms with E-state index in [2.05, 4.69) is 10.2 Å². The molecule has 5 nitrogen and oxygen atoms in total. The van der Waals surface area contributed by atoms with E-state index in [1.807, 2.05) is 46.3 Å². The van der Waals surface area contributed by atoms with E-state index in [1.165, 1.54) is 0 Å². The summed E-state index contributed by atoms with van der Waals surface area (Å²) in [5, 5.41) is 9.73. The predicted octanol–water partition coefficient (Wildman–Crippen LogP) is 4.37. The number of benzene rings is 1. The van der Waals surface area contributed by atoms with E-state index in [-0.39, 0.29) is 5.91 Å². The number of carbonyl (C=O) groups is 1. The van der Waals surface area contributed by atoms with Crippen LogP contribution in [-0.2, 0) is 17.9 Å². The van der Waals surface area contributed by atoms with Gasteiger partial charge in [-0.15, -0.1) is 11.3 Å². The summed E-state index contributed by atoms with van der Waals surface area (Å²) in [5.41, 5.74) is 0.930. The van der Waals surface area contributed by atoms with Gasteiger partial charge in [0.1, 0.15) is 0 Å². The van der Waals surface area contributed by atoms with Crippen LogP contribution in [0.4, 0.5) is 0 Å². The Morgan fingerprint density at radius 1 is 1.36 bits per heavy atom. The average molecular weight is 393 g/mol. The van der Waals surface area contributed by atoms with E-state index >= 15 is 0 Å². The first-order chi connectivity index (χ1) is 12.1. The highest BCUT2D eigenvalue weighted by molar-refractivity contribution is 7.71. The zero-order valence-corrected chi connectivity index (χ0v) is 16.0. The lowest BCUT2D eigenvalue weighted by Gasteiger charge is -2.18. The number of nitrogens with zero attached hydrogens (tertiary/aromatic N) is 3. The first-order valence-corrected chi connectivity index (χ1v) is 9.39. The molecule has 0 aliphatic carbocycles. The molecule has 0 unspecified atom stereocenters. The Hall–Kier alpha value is -1.96. The lowest BCUT2D eigenvalue weighted by Crippen LogP contribution is -2.27. The molecule has 2 heterocycles. The molecule has 130 valence electrons. The molecule has 3 aromatic rings. The van der Waals surface area contributed by atoms with Gasteiger partial charge in [0.15, 0.2) is 10.6 Å². The van der Waals surface area contributed by atoms with E-state index < -0.39 is 0 Å². The molecule has 0 bridgehead atoms. The molecule has 0 saturated heterocycles. The fraction of sp³-hybridized carbons (Fsp3) is 0.235. The van der Waals surface area contributed by atoms with E-state index in [0.29, 0.717) is 29.3 Å². The number of H-pyrrole nitrogens is 1. The van der Waals surface area contributed by atoms with Crippen LogP contribution >= 0.6 is 35.2 Å². The van der Waals surface area contributed by atoms with Crippen LogP contribution in [0.2, 0.25) is 5.02 Å². The van der Waals surface area contributed by atoms with Crippen LogP contribution in [-0.4, -0.2) is 32.6 Å². The van der Waals surface area contributed by atoms with Gasteiger partial charge < -0.3 is 4.90 Å². The van der Waals surface area contributed by atoms with Crippen LogP contribution < -0.4 is 0 Å². The lowest BCUT2D eigenvalue weighted by molar-refractivity contribution is -0.130. The lowest BCUT2D eigenvalue weighted by atomic mass is 10.2. The van der Waals surface area contributed by atoms with Crippen molar-refractivity contribution in [1.82, 2.24) is 19.7 Å². The number of thiophene rings is 1. The Labute approximate surface area is 159 Å². The predicted molar refractivity (Wildman–Crippen MR) is 103 cm³/mol. The Balaban J connectivity index is 1.66. The number of hydrogen-bond acceptors (Lipinski definition) is 4. The zero-order valence-electron chi connectivity index (χ0n) is 13.6. The van der Waals surface area contributed by atoms with Crippen molar-refractivity contribution in [2.45, 2.75) is 19.5 Å². The molecule has 1 N–H and O–H groups in total. The minimum atomic E-state index is 0.0279. The summed E-state index contributed by atoms with van der Waals surface area (Å²) < 4.78 is 2.38. The van der Waals surface area contributed by atoms with Crippen molar-refractivity contribution in [2.75, 3.05) is 7.05 Å². The van der Waals surface area contributed by atoms with Crippen LogP contribution in [0.1, 0.15) is 12.0 Å². The van der Waals surface area contributed by atoms with Crippen molar-refractivity contribution in [1.29, 1.82) is 0 Å². The van der Waals surface area contributed by atoms with Crippen LogP contribution in [0.3, 0.4) is 0 Å². The number of aromatic nitrogens is 3. The normalized spacial score (nSPS) is 10.8. The summed E-state index contributed by atoms with van der Waals surface area (Å²) >= 11 is 13.0. The maximum absolute atomic E-state index is 12.5. The fourth-order valence-electron chi connectivity index (χ4n) is 2.49.